The molecule has 0 radical (unpaired) electrons. The second-order valence-corrected chi connectivity index (χ2v) is 6.77. The normalized spacial score (nSPS) is 14.0. The number of nitrogens with one attached hydrogen (secondary N) is 3. The Balaban J connectivity index is 1.57. The number of aliphatic carboxylic acids is 1. The molecule has 9 nitrogen and oxygen atoms in total. The van der Waals surface area contributed by atoms with Gasteiger partial charge in [0.15, 0.2) is 6.61 Å². The minimum atomic E-state index is -1.11. The molecule has 0 fully saturated rings. The zero-order valence-electron chi connectivity index (χ0n) is 16.3. The lowest BCUT2D eigenvalue weighted by atomic mass is 10.1. The highest BCUT2D eigenvalue weighted by molar-refractivity contribution is 6.05. The molecule has 1 aliphatic heterocycles. The number of nitrogens with zero attached hydrogens (tertiary/aromatic N) is 1. The molecule has 3 amide bonds. The Labute approximate surface area is 173 Å². The average Bonchev–Trinajstić information content (AvgIpc) is 2.73. The van der Waals surface area contributed by atoms with E-state index < -0.39 is 17.9 Å². The van der Waals surface area contributed by atoms with Crippen molar-refractivity contribution >= 4 is 23.6 Å². The van der Waals surface area contributed by atoms with Crippen LogP contribution in [0.1, 0.15) is 16.7 Å². The minimum Gasteiger partial charge on any atom is -0.484 e. The van der Waals surface area contributed by atoms with Gasteiger partial charge in [-0.15, -0.1) is 0 Å². The van der Waals surface area contributed by atoms with Crippen molar-refractivity contribution in [1.82, 2.24) is 16.1 Å². The Morgan fingerprint density at radius 3 is 2.63 bits per heavy atom. The summed E-state index contributed by atoms with van der Waals surface area (Å²) >= 11 is 0. The zero-order valence-corrected chi connectivity index (χ0v) is 16.3. The topological polar surface area (TPSA) is 129 Å². The van der Waals surface area contributed by atoms with Gasteiger partial charge in [-0.1, -0.05) is 30.3 Å². The lowest BCUT2D eigenvalue weighted by molar-refractivity contribution is -0.142. The highest BCUT2D eigenvalue weighted by Gasteiger charge is 2.21. The molecular formula is C21H22N4O5. The maximum atomic E-state index is 12.2. The van der Waals surface area contributed by atoms with Crippen LogP contribution < -0.4 is 20.8 Å². The summed E-state index contributed by atoms with van der Waals surface area (Å²) in [6, 6.07) is 13.0. The standard InChI is InChI=1S/C21H22N4O5/c1-13-9-15(17-11-22-21(29)25-24-17)7-8-18(13)30-12-19(26)23-16(20(27)28)10-14-5-3-2-4-6-14/h2-9,16H,10-12H2,1H3,(H,23,26)(H,27,28)(H2,22,25,29)/t16-/m0/s1. The molecule has 0 saturated carbocycles. The van der Waals surface area contributed by atoms with Crippen LogP contribution in [0.15, 0.2) is 53.6 Å². The van der Waals surface area contributed by atoms with Gasteiger partial charge in [0.1, 0.15) is 11.8 Å². The van der Waals surface area contributed by atoms with Gasteiger partial charge < -0.3 is 20.5 Å². The summed E-state index contributed by atoms with van der Waals surface area (Å²) in [5.41, 5.74) is 5.43. The molecule has 0 aliphatic carbocycles. The molecule has 0 unspecified atom stereocenters. The van der Waals surface area contributed by atoms with Crippen LogP contribution >= 0.6 is 0 Å². The number of ether oxygens (including phenoxy) is 1. The summed E-state index contributed by atoms with van der Waals surface area (Å²) in [7, 11) is 0. The number of amides is 3. The van der Waals surface area contributed by atoms with E-state index in [2.05, 4.69) is 21.2 Å². The van der Waals surface area contributed by atoms with Crippen molar-refractivity contribution < 1.29 is 24.2 Å². The van der Waals surface area contributed by atoms with Crippen molar-refractivity contribution in [3.05, 3.63) is 65.2 Å². The second kappa shape index (κ2) is 9.55. The number of hydrazone groups is 1. The molecule has 0 spiro atoms. The zero-order chi connectivity index (χ0) is 21.5. The number of carboxylic acid groups (broad SMARTS) is 1. The number of hydrogen-bond donors (Lipinski definition) is 4. The van der Waals surface area contributed by atoms with Gasteiger partial charge in [0.05, 0.1) is 12.3 Å². The summed E-state index contributed by atoms with van der Waals surface area (Å²) in [6.07, 6.45) is 0.183. The Hall–Kier alpha value is -3.88. The minimum absolute atomic E-state index is 0.183. The lowest BCUT2D eigenvalue weighted by Gasteiger charge is -2.17. The summed E-state index contributed by atoms with van der Waals surface area (Å²) in [6.45, 7) is 1.82. The van der Waals surface area contributed by atoms with Crippen molar-refractivity contribution in [1.29, 1.82) is 0 Å². The first-order chi connectivity index (χ1) is 14.4. The van der Waals surface area contributed by atoms with Gasteiger partial charge in [-0.2, -0.15) is 5.10 Å². The van der Waals surface area contributed by atoms with Gasteiger partial charge in [0, 0.05) is 12.0 Å². The van der Waals surface area contributed by atoms with E-state index in [1.165, 1.54) is 0 Å². The fraction of sp³-hybridized carbons (Fsp3) is 0.238. The van der Waals surface area contributed by atoms with Gasteiger partial charge in [-0.3, -0.25) is 4.79 Å². The number of aryl methyl sites for hydroxylation is 1. The maximum absolute atomic E-state index is 12.2. The Morgan fingerprint density at radius 2 is 2.00 bits per heavy atom. The first-order valence-corrected chi connectivity index (χ1v) is 9.32. The van der Waals surface area contributed by atoms with Crippen molar-refractivity contribution in [2.45, 2.75) is 19.4 Å². The van der Waals surface area contributed by atoms with Crippen molar-refractivity contribution in [3.63, 3.8) is 0 Å². The van der Waals surface area contributed by atoms with Gasteiger partial charge in [-0.25, -0.2) is 15.0 Å². The number of urea groups is 1. The SMILES string of the molecule is Cc1cc(C2=NNC(=O)NC2)ccc1OCC(=O)N[C@@H](Cc1ccccc1)C(=O)O. The maximum Gasteiger partial charge on any atom is 0.335 e. The van der Waals surface area contributed by atoms with E-state index in [1.54, 1.807) is 24.3 Å². The summed E-state index contributed by atoms with van der Waals surface area (Å²) in [5.74, 6) is -1.13. The molecule has 156 valence electrons. The number of rotatable bonds is 8. The lowest BCUT2D eigenvalue weighted by Crippen LogP contribution is -2.44. The molecule has 1 aliphatic rings. The van der Waals surface area contributed by atoms with Crippen LogP contribution in [-0.4, -0.2) is 47.9 Å². The summed E-state index contributed by atoms with van der Waals surface area (Å²) in [4.78, 5) is 34.8. The predicted octanol–water partition coefficient (Wildman–Crippen LogP) is 1.20. The van der Waals surface area contributed by atoms with Gasteiger partial charge in [-0.05, 0) is 36.2 Å². The fourth-order valence-corrected chi connectivity index (χ4v) is 2.95. The van der Waals surface area contributed by atoms with Gasteiger partial charge in [0.25, 0.3) is 5.91 Å². The number of carbonyl (C=O) groups is 3. The van der Waals surface area contributed by atoms with Crippen molar-refractivity contribution in [3.8, 4) is 5.75 Å². The predicted molar refractivity (Wildman–Crippen MR) is 109 cm³/mol. The summed E-state index contributed by atoms with van der Waals surface area (Å²) in [5, 5.41) is 18.5. The molecule has 9 heteroatoms. The molecule has 2 aromatic carbocycles. The Bertz CT molecular complexity index is 975. The molecule has 4 N–H and O–H groups in total. The molecule has 0 saturated heterocycles. The molecular weight excluding hydrogens is 388 g/mol. The largest absolute Gasteiger partial charge is 0.484 e. The number of carbonyl (C=O) groups excluding carboxylic acids is 2. The van der Waals surface area contributed by atoms with E-state index >= 15 is 0 Å². The first-order valence-electron chi connectivity index (χ1n) is 9.32. The van der Waals surface area contributed by atoms with Crippen LogP contribution in [0.2, 0.25) is 0 Å². The molecule has 3 rings (SSSR count). The molecule has 30 heavy (non-hydrogen) atoms. The summed E-state index contributed by atoms with van der Waals surface area (Å²) < 4.78 is 5.56. The monoisotopic (exact) mass is 410 g/mol. The van der Waals surface area contributed by atoms with E-state index in [4.69, 9.17) is 4.74 Å². The number of hydrogen-bond acceptors (Lipinski definition) is 5. The van der Waals surface area contributed by atoms with E-state index in [0.717, 1.165) is 16.7 Å². The smallest absolute Gasteiger partial charge is 0.335 e. The molecule has 0 bridgehead atoms. The quantitative estimate of drug-likeness (QED) is 0.520. The van der Waals surface area contributed by atoms with E-state index in [0.29, 0.717) is 18.0 Å². The third-order valence-corrected chi connectivity index (χ3v) is 4.49. The van der Waals surface area contributed by atoms with Crippen molar-refractivity contribution in [2.24, 2.45) is 5.10 Å². The van der Waals surface area contributed by atoms with Crippen LogP contribution in [0, 0.1) is 6.92 Å². The van der Waals surface area contributed by atoms with E-state index in [-0.39, 0.29) is 19.1 Å². The Kier molecular flexibility index (Phi) is 6.63. The van der Waals surface area contributed by atoms with Crippen LogP contribution in [0.25, 0.3) is 0 Å². The van der Waals surface area contributed by atoms with Gasteiger partial charge >= 0.3 is 12.0 Å². The first kappa shape index (κ1) is 20.8. The molecule has 1 heterocycles. The Morgan fingerprint density at radius 1 is 1.23 bits per heavy atom. The molecule has 1 atom stereocenters. The van der Waals surface area contributed by atoms with Crippen LogP contribution in [-0.2, 0) is 16.0 Å². The van der Waals surface area contributed by atoms with Crippen LogP contribution in [0.5, 0.6) is 5.75 Å². The second-order valence-electron chi connectivity index (χ2n) is 6.77. The third kappa shape index (κ3) is 5.57. The average molecular weight is 410 g/mol. The highest BCUT2D eigenvalue weighted by Crippen LogP contribution is 2.20. The highest BCUT2D eigenvalue weighted by atomic mass is 16.5. The van der Waals surface area contributed by atoms with E-state index in [9.17, 15) is 19.5 Å². The number of carboxylic acids is 1. The molecule has 2 aromatic rings. The third-order valence-electron chi connectivity index (χ3n) is 4.49. The van der Waals surface area contributed by atoms with Gasteiger partial charge in [0.2, 0.25) is 0 Å². The van der Waals surface area contributed by atoms with Crippen LogP contribution in [0.4, 0.5) is 4.79 Å². The van der Waals surface area contributed by atoms with E-state index in [1.807, 2.05) is 31.2 Å². The fourth-order valence-electron chi connectivity index (χ4n) is 2.95. The molecule has 0 aromatic heterocycles. The van der Waals surface area contributed by atoms with Crippen molar-refractivity contribution in [2.75, 3.05) is 13.2 Å². The van der Waals surface area contributed by atoms with Crippen LogP contribution in [0.3, 0.4) is 0 Å². The number of benzene rings is 2.